The first-order chi connectivity index (χ1) is 14.0. The molecule has 2 aromatic carbocycles. The standard InChI is InChI=1S/C21H20N6O2/c1-14(27-13-22-12-23-27)20(28)24-15-7-9-16(10-8-15)25-21(29)18-11-26(2)19-6-4-3-5-17(18)19/h3-14H,1-2H3,(H,24,28)(H,25,29). The largest absolute Gasteiger partial charge is 0.350 e. The van der Waals surface area contributed by atoms with E-state index in [1.165, 1.54) is 17.3 Å². The zero-order valence-corrected chi connectivity index (χ0v) is 16.0. The Balaban J connectivity index is 1.44. The van der Waals surface area contributed by atoms with Crippen LogP contribution in [0.3, 0.4) is 0 Å². The number of benzene rings is 2. The van der Waals surface area contributed by atoms with Crippen LogP contribution in [0.25, 0.3) is 10.9 Å². The second-order valence-electron chi connectivity index (χ2n) is 6.74. The molecular weight excluding hydrogens is 368 g/mol. The Morgan fingerprint density at radius 3 is 2.38 bits per heavy atom. The number of amides is 2. The Kier molecular flexibility index (Phi) is 4.82. The summed E-state index contributed by atoms with van der Waals surface area (Å²) in [7, 11) is 1.91. The molecule has 0 radical (unpaired) electrons. The summed E-state index contributed by atoms with van der Waals surface area (Å²) in [4.78, 5) is 28.9. The number of anilines is 2. The summed E-state index contributed by atoms with van der Waals surface area (Å²) in [5, 5.41) is 10.6. The van der Waals surface area contributed by atoms with E-state index >= 15 is 0 Å². The Morgan fingerprint density at radius 2 is 1.69 bits per heavy atom. The van der Waals surface area contributed by atoms with Crippen LogP contribution < -0.4 is 10.6 Å². The van der Waals surface area contributed by atoms with Crippen LogP contribution in [-0.4, -0.2) is 31.1 Å². The van der Waals surface area contributed by atoms with E-state index in [1.54, 1.807) is 31.2 Å². The lowest BCUT2D eigenvalue weighted by atomic mass is 10.1. The van der Waals surface area contributed by atoms with Gasteiger partial charge in [0, 0.05) is 35.5 Å². The number of para-hydroxylation sites is 1. The van der Waals surface area contributed by atoms with Gasteiger partial charge in [-0.3, -0.25) is 9.59 Å². The van der Waals surface area contributed by atoms with Gasteiger partial charge in [-0.05, 0) is 37.3 Å². The third-order valence-electron chi connectivity index (χ3n) is 4.76. The number of carbonyl (C=O) groups is 2. The number of aromatic nitrogens is 4. The molecule has 4 aromatic rings. The maximum atomic E-state index is 12.7. The summed E-state index contributed by atoms with van der Waals surface area (Å²) in [6.07, 6.45) is 4.70. The van der Waals surface area contributed by atoms with Gasteiger partial charge in [-0.15, -0.1) is 0 Å². The van der Waals surface area contributed by atoms with E-state index < -0.39 is 6.04 Å². The van der Waals surface area contributed by atoms with Crippen molar-refractivity contribution in [3.05, 3.63) is 72.9 Å². The highest BCUT2D eigenvalue weighted by molar-refractivity contribution is 6.13. The molecule has 1 atom stereocenters. The minimum Gasteiger partial charge on any atom is -0.350 e. The number of aryl methyl sites for hydroxylation is 1. The van der Waals surface area contributed by atoms with Gasteiger partial charge >= 0.3 is 0 Å². The summed E-state index contributed by atoms with van der Waals surface area (Å²) in [6.45, 7) is 1.74. The predicted octanol–water partition coefficient (Wildman–Crippen LogP) is 3.22. The van der Waals surface area contributed by atoms with Crippen LogP contribution in [0.5, 0.6) is 0 Å². The maximum absolute atomic E-state index is 12.7. The molecule has 2 N–H and O–H groups in total. The minimum absolute atomic E-state index is 0.182. The van der Waals surface area contributed by atoms with Crippen molar-refractivity contribution in [3.8, 4) is 0 Å². The lowest BCUT2D eigenvalue weighted by molar-refractivity contribution is -0.119. The van der Waals surface area contributed by atoms with Crippen molar-refractivity contribution in [3.63, 3.8) is 0 Å². The molecule has 146 valence electrons. The van der Waals surface area contributed by atoms with Crippen molar-refractivity contribution in [2.75, 3.05) is 10.6 Å². The van der Waals surface area contributed by atoms with Crippen molar-refractivity contribution >= 4 is 34.1 Å². The Hall–Kier alpha value is -3.94. The predicted molar refractivity (Wildman–Crippen MR) is 111 cm³/mol. The Labute approximate surface area is 167 Å². The first kappa shape index (κ1) is 18.4. The number of nitrogens with one attached hydrogen (secondary N) is 2. The molecule has 0 aliphatic rings. The fourth-order valence-electron chi connectivity index (χ4n) is 3.14. The van der Waals surface area contributed by atoms with Crippen LogP contribution in [0.15, 0.2) is 67.4 Å². The molecule has 0 spiro atoms. The van der Waals surface area contributed by atoms with Crippen LogP contribution in [0.4, 0.5) is 11.4 Å². The molecule has 0 fully saturated rings. The molecule has 1 unspecified atom stereocenters. The van der Waals surface area contributed by atoms with Gasteiger partial charge in [-0.1, -0.05) is 18.2 Å². The highest BCUT2D eigenvalue weighted by Gasteiger charge is 2.16. The molecule has 8 nitrogen and oxygen atoms in total. The van der Waals surface area contributed by atoms with Crippen molar-refractivity contribution in [2.24, 2.45) is 7.05 Å². The number of hydrogen-bond acceptors (Lipinski definition) is 4. The molecule has 0 aliphatic heterocycles. The molecule has 8 heteroatoms. The molecule has 2 amide bonds. The van der Waals surface area contributed by atoms with E-state index in [1.807, 2.05) is 42.1 Å². The third-order valence-corrected chi connectivity index (χ3v) is 4.76. The number of carbonyl (C=O) groups excluding carboxylic acids is 2. The molecule has 0 saturated carbocycles. The number of rotatable bonds is 5. The van der Waals surface area contributed by atoms with Crippen molar-refractivity contribution in [1.29, 1.82) is 0 Å². The number of fused-ring (bicyclic) bond motifs is 1. The highest BCUT2D eigenvalue weighted by atomic mass is 16.2. The van der Waals surface area contributed by atoms with Crippen LogP contribution >= 0.6 is 0 Å². The summed E-state index contributed by atoms with van der Waals surface area (Å²) in [5.41, 5.74) is 2.88. The second-order valence-corrected chi connectivity index (χ2v) is 6.74. The summed E-state index contributed by atoms with van der Waals surface area (Å²) in [6, 6.07) is 14.3. The number of hydrogen-bond donors (Lipinski definition) is 2. The smallest absolute Gasteiger partial charge is 0.257 e. The zero-order valence-electron chi connectivity index (χ0n) is 16.0. The average Bonchev–Trinajstić information content (AvgIpc) is 3.38. The van der Waals surface area contributed by atoms with E-state index in [2.05, 4.69) is 20.7 Å². The molecule has 2 heterocycles. The molecule has 29 heavy (non-hydrogen) atoms. The van der Waals surface area contributed by atoms with Gasteiger partial charge in [0.1, 0.15) is 18.7 Å². The third kappa shape index (κ3) is 3.73. The van der Waals surface area contributed by atoms with Crippen molar-refractivity contribution in [1.82, 2.24) is 19.3 Å². The topological polar surface area (TPSA) is 93.8 Å². The first-order valence-electron chi connectivity index (χ1n) is 9.13. The minimum atomic E-state index is -0.483. The van der Waals surface area contributed by atoms with Crippen LogP contribution in [-0.2, 0) is 11.8 Å². The van der Waals surface area contributed by atoms with Gasteiger partial charge in [0.15, 0.2) is 0 Å². The zero-order chi connectivity index (χ0) is 20.4. The van der Waals surface area contributed by atoms with E-state index in [9.17, 15) is 9.59 Å². The van der Waals surface area contributed by atoms with E-state index in [4.69, 9.17) is 0 Å². The fraction of sp³-hybridized carbons (Fsp3) is 0.143. The lowest BCUT2D eigenvalue weighted by Gasteiger charge is -2.12. The van der Waals surface area contributed by atoms with Gasteiger partial charge in [-0.25, -0.2) is 9.67 Å². The highest BCUT2D eigenvalue weighted by Crippen LogP contribution is 2.22. The lowest BCUT2D eigenvalue weighted by Crippen LogP contribution is -2.24. The van der Waals surface area contributed by atoms with E-state index in [0.717, 1.165) is 10.9 Å². The van der Waals surface area contributed by atoms with E-state index in [-0.39, 0.29) is 11.8 Å². The molecule has 0 aliphatic carbocycles. The SMILES string of the molecule is CC(C(=O)Nc1ccc(NC(=O)c2cn(C)c3ccccc23)cc1)n1cncn1. The molecule has 0 bridgehead atoms. The first-order valence-corrected chi connectivity index (χ1v) is 9.13. The summed E-state index contributed by atoms with van der Waals surface area (Å²) < 4.78 is 3.41. The Bertz CT molecular complexity index is 1160. The van der Waals surface area contributed by atoms with E-state index in [0.29, 0.717) is 16.9 Å². The van der Waals surface area contributed by atoms with Gasteiger partial charge in [0.2, 0.25) is 5.91 Å². The normalized spacial score (nSPS) is 11.9. The maximum Gasteiger partial charge on any atom is 0.257 e. The fourth-order valence-corrected chi connectivity index (χ4v) is 3.14. The summed E-state index contributed by atoms with van der Waals surface area (Å²) >= 11 is 0. The molecular formula is C21H20N6O2. The van der Waals surface area contributed by atoms with Gasteiger partial charge in [0.05, 0.1) is 5.56 Å². The molecule has 4 rings (SSSR count). The van der Waals surface area contributed by atoms with Gasteiger partial charge in [0.25, 0.3) is 5.91 Å². The van der Waals surface area contributed by atoms with Crippen molar-refractivity contribution in [2.45, 2.75) is 13.0 Å². The number of nitrogens with zero attached hydrogens (tertiary/aromatic N) is 4. The average molecular weight is 388 g/mol. The van der Waals surface area contributed by atoms with Gasteiger partial charge in [-0.2, -0.15) is 5.10 Å². The van der Waals surface area contributed by atoms with Crippen LogP contribution in [0.2, 0.25) is 0 Å². The monoisotopic (exact) mass is 388 g/mol. The molecule has 0 saturated heterocycles. The van der Waals surface area contributed by atoms with Crippen molar-refractivity contribution < 1.29 is 9.59 Å². The molecule has 2 aromatic heterocycles. The van der Waals surface area contributed by atoms with Crippen LogP contribution in [0, 0.1) is 0 Å². The Morgan fingerprint density at radius 1 is 1.00 bits per heavy atom. The summed E-state index contributed by atoms with van der Waals surface area (Å²) in [5.74, 6) is -0.388. The quantitative estimate of drug-likeness (QED) is 0.549. The second kappa shape index (κ2) is 7.59. The van der Waals surface area contributed by atoms with Crippen LogP contribution in [0.1, 0.15) is 23.3 Å². The van der Waals surface area contributed by atoms with Gasteiger partial charge < -0.3 is 15.2 Å².